The van der Waals surface area contributed by atoms with Crippen LogP contribution in [0.3, 0.4) is 0 Å². The van der Waals surface area contributed by atoms with E-state index < -0.39 is 0 Å². The van der Waals surface area contributed by atoms with Crippen LogP contribution in [0.15, 0.2) is 0 Å². The maximum atomic E-state index is 3.51. The lowest BCUT2D eigenvalue weighted by Gasteiger charge is -2.30. The molecule has 0 rings (SSSR count). The summed E-state index contributed by atoms with van der Waals surface area (Å²) in [5.74, 6) is 1.27. The maximum absolute atomic E-state index is 3.51. The molecule has 0 aromatic rings. The van der Waals surface area contributed by atoms with Crippen LogP contribution in [-0.4, -0.2) is 48.6 Å². The molecule has 0 aromatic heterocycles. The normalized spacial score (nSPS) is 12.0. The number of hydrogen-bond acceptors (Lipinski definition) is 3. The van der Waals surface area contributed by atoms with Gasteiger partial charge in [-0.1, -0.05) is 0 Å². The molecule has 0 amide bonds. The van der Waals surface area contributed by atoms with Gasteiger partial charge in [0, 0.05) is 25.2 Å². The second-order valence-electron chi connectivity index (χ2n) is 4.52. The smallest absolute Gasteiger partial charge is 0.0112 e. The second kappa shape index (κ2) is 9.49. The van der Waals surface area contributed by atoms with Crippen molar-refractivity contribution in [2.24, 2.45) is 0 Å². The minimum Gasteiger partial charge on any atom is -0.315 e. The van der Waals surface area contributed by atoms with Crippen molar-refractivity contribution < 1.29 is 0 Å². The molecule has 0 atom stereocenters. The molecule has 15 heavy (non-hydrogen) atoms. The fraction of sp³-hybridized carbons (Fsp3) is 1.00. The van der Waals surface area contributed by atoms with E-state index in [1.54, 1.807) is 0 Å². The first kappa shape index (κ1) is 15.3. The van der Waals surface area contributed by atoms with Crippen LogP contribution in [0.2, 0.25) is 0 Å². The second-order valence-corrected chi connectivity index (χ2v) is 5.51. The summed E-state index contributed by atoms with van der Waals surface area (Å²) in [6, 6.07) is 1.30. The molecule has 0 heterocycles. The van der Waals surface area contributed by atoms with E-state index in [9.17, 15) is 0 Å². The number of nitrogens with one attached hydrogen (secondary N) is 1. The first-order chi connectivity index (χ1) is 7.09. The molecular weight excluding hydrogens is 204 g/mol. The van der Waals surface area contributed by atoms with Crippen LogP contribution in [0.4, 0.5) is 0 Å². The number of thioether (sulfide) groups is 1. The van der Waals surface area contributed by atoms with Crippen molar-refractivity contribution in [2.75, 3.05) is 31.6 Å². The van der Waals surface area contributed by atoms with Crippen LogP contribution in [-0.2, 0) is 0 Å². The van der Waals surface area contributed by atoms with E-state index in [2.05, 4.69) is 44.2 Å². The molecule has 3 heteroatoms. The van der Waals surface area contributed by atoms with Crippen LogP contribution in [0.5, 0.6) is 0 Å². The van der Waals surface area contributed by atoms with Crippen molar-refractivity contribution in [3.63, 3.8) is 0 Å². The van der Waals surface area contributed by atoms with Crippen molar-refractivity contribution in [1.29, 1.82) is 0 Å². The summed E-state index contributed by atoms with van der Waals surface area (Å²) in [6.45, 7) is 12.5. The minimum atomic E-state index is 0.651. The van der Waals surface area contributed by atoms with Gasteiger partial charge in [0.1, 0.15) is 0 Å². The highest BCUT2D eigenvalue weighted by molar-refractivity contribution is 7.98. The van der Waals surface area contributed by atoms with E-state index in [-0.39, 0.29) is 0 Å². The molecular formula is C12H28N2S. The average Bonchev–Trinajstić information content (AvgIpc) is 2.15. The predicted molar refractivity (Wildman–Crippen MR) is 72.8 cm³/mol. The van der Waals surface area contributed by atoms with Crippen molar-refractivity contribution in [2.45, 2.75) is 46.2 Å². The minimum absolute atomic E-state index is 0.651. The van der Waals surface area contributed by atoms with Crippen LogP contribution in [0.25, 0.3) is 0 Å². The molecule has 0 aromatic carbocycles. The summed E-state index contributed by atoms with van der Waals surface area (Å²) >= 11 is 1.93. The predicted octanol–water partition coefficient (Wildman–Crippen LogP) is 2.45. The lowest BCUT2D eigenvalue weighted by Crippen LogP contribution is -2.41. The van der Waals surface area contributed by atoms with Gasteiger partial charge in [0.05, 0.1) is 0 Å². The quantitative estimate of drug-likeness (QED) is 0.615. The number of rotatable bonds is 9. The zero-order valence-corrected chi connectivity index (χ0v) is 11.9. The van der Waals surface area contributed by atoms with Crippen molar-refractivity contribution in [1.82, 2.24) is 10.2 Å². The Morgan fingerprint density at radius 1 is 1.07 bits per heavy atom. The zero-order valence-electron chi connectivity index (χ0n) is 11.0. The summed E-state index contributed by atoms with van der Waals surface area (Å²) in [5.41, 5.74) is 0. The first-order valence-electron chi connectivity index (χ1n) is 6.05. The van der Waals surface area contributed by atoms with E-state index in [4.69, 9.17) is 0 Å². The Labute approximate surface area is 100 Å². The fourth-order valence-corrected chi connectivity index (χ4v) is 2.22. The number of hydrogen-bond donors (Lipinski definition) is 1. The van der Waals surface area contributed by atoms with Gasteiger partial charge in [-0.05, 0) is 52.7 Å². The van der Waals surface area contributed by atoms with Crippen LogP contribution in [0.1, 0.15) is 34.1 Å². The third-order valence-corrected chi connectivity index (χ3v) is 3.27. The molecule has 0 spiro atoms. The van der Waals surface area contributed by atoms with Crippen LogP contribution < -0.4 is 5.32 Å². The molecule has 0 aliphatic heterocycles. The van der Waals surface area contributed by atoms with Gasteiger partial charge in [0.15, 0.2) is 0 Å². The van der Waals surface area contributed by atoms with E-state index >= 15 is 0 Å². The van der Waals surface area contributed by atoms with Gasteiger partial charge in [0.25, 0.3) is 0 Å². The lowest BCUT2D eigenvalue weighted by atomic mass is 10.2. The van der Waals surface area contributed by atoms with Gasteiger partial charge < -0.3 is 5.32 Å². The standard InChI is InChI=1S/C12H28N2S/c1-11(2)14(12(3)4)9-8-13-7-6-10-15-5/h11-13H,6-10H2,1-5H3. The molecule has 0 aliphatic carbocycles. The molecule has 0 bridgehead atoms. The van der Waals surface area contributed by atoms with Gasteiger partial charge >= 0.3 is 0 Å². The topological polar surface area (TPSA) is 15.3 Å². The van der Waals surface area contributed by atoms with Gasteiger partial charge in [-0.25, -0.2) is 0 Å². The van der Waals surface area contributed by atoms with E-state index in [0.29, 0.717) is 12.1 Å². The van der Waals surface area contributed by atoms with Crippen molar-refractivity contribution in [3.8, 4) is 0 Å². The Balaban J connectivity index is 3.46. The maximum Gasteiger partial charge on any atom is 0.0112 e. The average molecular weight is 232 g/mol. The molecule has 0 unspecified atom stereocenters. The Morgan fingerprint density at radius 3 is 2.13 bits per heavy atom. The highest BCUT2D eigenvalue weighted by Crippen LogP contribution is 2.03. The summed E-state index contributed by atoms with van der Waals surface area (Å²) in [7, 11) is 0. The van der Waals surface area contributed by atoms with E-state index in [1.807, 2.05) is 11.8 Å². The van der Waals surface area contributed by atoms with Gasteiger partial charge in [-0.2, -0.15) is 11.8 Å². The Morgan fingerprint density at radius 2 is 1.67 bits per heavy atom. The van der Waals surface area contributed by atoms with Gasteiger partial charge in [-0.15, -0.1) is 0 Å². The third kappa shape index (κ3) is 8.12. The number of nitrogens with zero attached hydrogens (tertiary/aromatic N) is 1. The molecule has 1 N–H and O–H groups in total. The van der Waals surface area contributed by atoms with E-state index in [0.717, 1.165) is 19.6 Å². The van der Waals surface area contributed by atoms with Crippen LogP contribution in [0, 0.1) is 0 Å². The summed E-state index contributed by atoms with van der Waals surface area (Å²) < 4.78 is 0. The summed E-state index contributed by atoms with van der Waals surface area (Å²) in [4.78, 5) is 2.53. The fourth-order valence-electron chi connectivity index (χ4n) is 1.79. The zero-order chi connectivity index (χ0) is 11.7. The first-order valence-corrected chi connectivity index (χ1v) is 7.44. The molecule has 0 saturated heterocycles. The Bertz CT molecular complexity index is 130. The summed E-state index contributed by atoms with van der Waals surface area (Å²) in [5, 5.41) is 3.51. The van der Waals surface area contributed by atoms with Crippen molar-refractivity contribution in [3.05, 3.63) is 0 Å². The molecule has 2 nitrogen and oxygen atoms in total. The lowest BCUT2D eigenvalue weighted by molar-refractivity contribution is 0.176. The van der Waals surface area contributed by atoms with Gasteiger partial charge in [0.2, 0.25) is 0 Å². The molecule has 0 radical (unpaired) electrons. The highest BCUT2D eigenvalue weighted by Gasteiger charge is 2.11. The monoisotopic (exact) mass is 232 g/mol. The third-order valence-electron chi connectivity index (χ3n) is 2.58. The Hall–Kier alpha value is 0.270. The van der Waals surface area contributed by atoms with Gasteiger partial charge in [-0.3, -0.25) is 4.90 Å². The van der Waals surface area contributed by atoms with Crippen LogP contribution >= 0.6 is 11.8 Å². The van der Waals surface area contributed by atoms with Crippen molar-refractivity contribution >= 4 is 11.8 Å². The molecule has 92 valence electrons. The summed E-state index contributed by atoms with van der Waals surface area (Å²) in [6.07, 6.45) is 3.45. The molecule has 0 saturated carbocycles. The van der Waals surface area contributed by atoms with E-state index in [1.165, 1.54) is 12.2 Å². The molecule has 0 fully saturated rings. The SMILES string of the molecule is CSCCCNCCN(C(C)C)C(C)C. The highest BCUT2D eigenvalue weighted by atomic mass is 32.2. The Kier molecular flexibility index (Phi) is 9.66. The molecule has 0 aliphatic rings. The largest absolute Gasteiger partial charge is 0.315 e.